The number of allylic oxidation sites excluding steroid dienone is 4. The molecule has 0 aromatic carbocycles. The second-order valence-electron chi connectivity index (χ2n) is 4.39. The first-order chi connectivity index (χ1) is 8.10. The summed E-state index contributed by atoms with van der Waals surface area (Å²) >= 11 is 0. The molecule has 0 spiro atoms. The van der Waals surface area contributed by atoms with Crippen molar-refractivity contribution in [1.82, 2.24) is 5.01 Å². The topological polar surface area (TPSA) is 66.6 Å². The van der Waals surface area contributed by atoms with Gasteiger partial charge in [0.15, 0.2) is 0 Å². The van der Waals surface area contributed by atoms with Gasteiger partial charge in [0.25, 0.3) is 0 Å². The molecule has 17 heavy (non-hydrogen) atoms. The van der Waals surface area contributed by atoms with E-state index in [1.54, 1.807) is 18.4 Å². The molecule has 0 atom stereocenters. The minimum Gasteiger partial charge on any atom is -0.481 e. The first kappa shape index (κ1) is 11.7. The fourth-order valence-electron chi connectivity index (χ4n) is 2.23. The average Bonchev–Trinajstić information content (AvgIpc) is 2.20. The zero-order chi connectivity index (χ0) is 12.5. The van der Waals surface area contributed by atoms with Crippen molar-refractivity contribution in [2.24, 2.45) is 11.3 Å². The van der Waals surface area contributed by atoms with Crippen molar-refractivity contribution in [1.29, 1.82) is 0 Å². The van der Waals surface area contributed by atoms with Gasteiger partial charge >= 0.3 is 5.97 Å². The van der Waals surface area contributed by atoms with Crippen molar-refractivity contribution >= 4 is 5.97 Å². The van der Waals surface area contributed by atoms with Crippen molar-refractivity contribution in [3.8, 4) is 0 Å². The van der Waals surface area contributed by atoms with Crippen LogP contribution in [0.4, 0.5) is 0 Å². The molecule has 1 aliphatic carbocycles. The molecule has 1 saturated carbocycles. The van der Waals surface area contributed by atoms with Crippen LogP contribution in [0.5, 0.6) is 0 Å². The molecule has 4 nitrogen and oxygen atoms in total. The number of hydrogen-bond donors (Lipinski definition) is 2. The van der Waals surface area contributed by atoms with E-state index < -0.39 is 11.4 Å². The van der Waals surface area contributed by atoms with E-state index in [0.717, 1.165) is 17.7 Å². The lowest BCUT2D eigenvalue weighted by Gasteiger charge is -2.40. The monoisotopic (exact) mass is 232 g/mol. The minimum atomic E-state index is -0.760. The van der Waals surface area contributed by atoms with Gasteiger partial charge in [0, 0.05) is 6.20 Å². The quantitative estimate of drug-likeness (QED) is 0.730. The van der Waals surface area contributed by atoms with E-state index in [4.69, 9.17) is 5.84 Å². The predicted molar refractivity (Wildman–Crippen MR) is 65.4 cm³/mol. The molecule has 0 amide bonds. The molecule has 2 rings (SSSR count). The van der Waals surface area contributed by atoms with Crippen LogP contribution in [-0.2, 0) is 4.79 Å². The van der Waals surface area contributed by atoms with E-state index in [1.807, 2.05) is 12.2 Å². The lowest BCUT2D eigenvalue weighted by molar-refractivity contribution is -0.150. The number of nitrogens with zero attached hydrogens (tertiary/aromatic N) is 1. The Bertz CT molecular complexity index is 442. The highest BCUT2D eigenvalue weighted by molar-refractivity contribution is 5.81. The summed E-state index contributed by atoms with van der Waals surface area (Å²) in [6.45, 7) is 3.61. The maximum Gasteiger partial charge on any atom is 0.314 e. The Labute approximate surface area is 100 Å². The number of carboxylic acid groups (broad SMARTS) is 1. The highest BCUT2D eigenvalue weighted by atomic mass is 16.4. The summed E-state index contributed by atoms with van der Waals surface area (Å²) in [7, 11) is 0. The third-order valence-electron chi connectivity index (χ3n) is 3.47. The zero-order valence-electron chi connectivity index (χ0n) is 9.60. The summed E-state index contributed by atoms with van der Waals surface area (Å²) in [5.41, 5.74) is 0.844. The summed E-state index contributed by atoms with van der Waals surface area (Å²) in [5.74, 6) is 5.07. The molecule has 1 heterocycles. The Morgan fingerprint density at radius 1 is 1.53 bits per heavy atom. The number of hydrogen-bond acceptors (Lipinski definition) is 3. The largest absolute Gasteiger partial charge is 0.481 e. The van der Waals surface area contributed by atoms with Crippen LogP contribution >= 0.6 is 0 Å². The second kappa shape index (κ2) is 4.22. The lowest BCUT2D eigenvalue weighted by Crippen LogP contribution is -2.41. The Balaban J connectivity index is 2.28. The van der Waals surface area contributed by atoms with Gasteiger partial charge in [-0.25, -0.2) is 5.84 Å². The third-order valence-corrected chi connectivity index (χ3v) is 3.47. The number of nitrogens with two attached hydrogens (primary N) is 1. The predicted octanol–water partition coefficient (Wildman–Crippen LogP) is 1.94. The smallest absolute Gasteiger partial charge is 0.314 e. The molecule has 1 fully saturated rings. The maximum atomic E-state index is 11.4. The Morgan fingerprint density at radius 2 is 2.24 bits per heavy atom. The highest BCUT2D eigenvalue weighted by Gasteiger charge is 2.47. The normalized spacial score (nSPS) is 24.2. The van der Waals surface area contributed by atoms with Gasteiger partial charge in [0.1, 0.15) is 0 Å². The van der Waals surface area contributed by atoms with Gasteiger partial charge in [0.2, 0.25) is 0 Å². The number of rotatable bonds is 3. The van der Waals surface area contributed by atoms with Crippen LogP contribution in [0.15, 0.2) is 48.4 Å². The fraction of sp³-hybridized carbons (Fsp3) is 0.308. The molecular formula is C13H16N2O2. The molecule has 0 saturated heterocycles. The van der Waals surface area contributed by atoms with E-state index in [-0.39, 0.29) is 0 Å². The highest BCUT2D eigenvalue weighted by Crippen LogP contribution is 2.48. The van der Waals surface area contributed by atoms with E-state index in [2.05, 4.69) is 6.58 Å². The Kier molecular flexibility index (Phi) is 2.90. The van der Waals surface area contributed by atoms with Crippen molar-refractivity contribution in [3.05, 3.63) is 48.4 Å². The number of carbonyl (C=O) groups is 1. The van der Waals surface area contributed by atoms with Crippen LogP contribution in [0.2, 0.25) is 0 Å². The first-order valence-electron chi connectivity index (χ1n) is 5.60. The van der Waals surface area contributed by atoms with Gasteiger partial charge in [0.05, 0.1) is 11.1 Å². The van der Waals surface area contributed by atoms with Crippen LogP contribution in [0, 0.1) is 5.41 Å². The van der Waals surface area contributed by atoms with Gasteiger partial charge in [-0.05, 0) is 30.6 Å². The summed E-state index contributed by atoms with van der Waals surface area (Å²) in [6.07, 6.45) is 11.1. The average molecular weight is 232 g/mol. The van der Waals surface area contributed by atoms with Crippen LogP contribution in [0.1, 0.15) is 19.3 Å². The maximum absolute atomic E-state index is 11.4. The van der Waals surface area contributed by atoms with Gasteiger partial charge in [-0.2, -0.15) is 0 Å². The molecule has 90 valence electrons. The van der Waals surface area contributed by atoms with Gasteiger partial charge in [-0.15, -0.1) is 0 Å². The van der Waals surface area contributed by atoms with Crippen molar-refractivity contribution in [2.75, 3.05) is 0 Å². The summed E-state index contributed by atoms with van der Waals surface area (Å²) < 4.78 is 0. The number of carboxylic acids is 1. The number of hydrazine groups is 1. The summed E-state index contributed by atoms with van der Waals surface area (Å²) in [4.78, 5) is 11.4. The van der Waals surface area contributed by atoms with E-state index in [9.17, 15) is 9.90 Å². The molecule has 4 heteroatoms. The molecule has 0 aromatic heterocycles. The van der Waals surface area contributed by atoms with Crippen LogP contribution in [-0.4, -0.2) is 16.1 Å². The van der Waals surface area contributed by atoms with E-state index in [1.165, 1.54) is 5.01 Å². The molecule has 0 radical (unpaired) electrons. The fourth-order valence-corrected chi connectivity index (χ4v) is 2.23. The third kappa shape index (κ3) is 1.80. The SMILES string of the molecule is C=C/C=C1/C=CC(C2(C(=O)O)CCC2)=CN1N. The van der Waals surface area contributed by atoms with Crippen LogP contribution in [0.25, 0.3) is 0 Å². The lowest BCUT2D eigenvalue weighted by atomic mass is 9.64. The van der Waals surface area contributed by atoms with E-state index >= 15 is 0 Å². The summed E-state index contributed by atoms with van der Waals surface area (Å²) in [5, 5.41) is 10.8. The second-order valence-corrected chi connectivity index (χ2v) is 4.39. The first-order valence-corrected chi connectivity index (χ1v) is 5.60. The molecule has 0 aromatic rings. The summed E-state index contributed by atoms with van der Waals surface area (Å²) in [6, 6.07) is 0. The van der Waals surface area contributed by atoms with Crippen LogP contribution < -0.4 is 5.84 Å². The minimum absolute atomic E-state index is 0.687. The van der Waals surface area contributed by atoms with Crippen molar-refractivity contribution < 1.29 is 9.90 Å². The molecule has 0 unspecified atom stereocenters. The van der Waals surface area contributed by atoms with Crippen molar-refractivity contribution in [3.63, 3.8) is 0 Å². The molecular weight excluding hydrogens is 216 g/mol. The van der Waals surface area contributed by atoms with Crippen molar-refractivity contribution in [2.45, 2.75) is 19.3 Å². The van der Waals surface area contributed by atoms with Gasteiger partial charge < -0.3 is 5.11 Å². The Hall–Kier alpha value is -1.81. The standard InChI is InChI=1S/C13H16N2O2/c1-2-4-11-6-5-10(9-15(11)14)13(12(16)17)7-3-8-13/h2,4-6,9H,1,3,7-8,14H2,(H,16,17)/b11-4-. The Morgan fingerprint density at radius 3 is 2.65 bits per heavy atom. The number of aliphatic carboxylic acids is 1. The van der Waals surface area contributed by atoms with Gasteiger partial charge in [-0.3, -0.25) is 9.80 Å². The molecule has 1 aliphatic heterocycles. The van der Waals surface area contributed by atoms with E-state index in [0.29, 0.717) is 12.8 Å². The molecule has 0 bridgehead atoms. The van der Waals surface area contributed by atoms with Crippen LogP contribution in [0.3, 0.4) is 0 Å². The zero-order valence-corrected chi connectivity index (χ0v) is 9.60. The van der Waals surface area contributed by atoms with Gasteiger partial charge in [-0.1, -0.05) is 25.2 Å². The molecule has 3 N–H and O–H groups in total. The molecule has 2 aliphatic rings.